The van der Waals surface area contributed by atoms with E-state index in [1.807, 2.05) is 12.3 Å². The second-order valence-corrected chi connectivity index (χ2v) is 9.86. The highest BCUT2D eigenvalue weighted by atomic mass is 16.5. The maximum absolute atomic E-state index is 5.62. The van der Waals surface area contributed by atoms with E-state index >= 15 is 0 Å². The van der Waals surface area contributed by atoms with Crippen molar-refractivity contribution in [3.8, 4) is 0 Å². The molecule has 2 aliphatic rings. The summed E-state index contributed by atoms with van der Waals surface area (Å²) >= 11 is 0. The molecular weight excluding hydrogens is 376 g/mol. The van der Waals surface area contributed by atoms with Crippen molar-refractivity contribution in [2.45, 2.75) is 52.0 Å². The normalized spacial score (nSPS) is 22.9. The van der Waals surface area contributed by atoms with Crippen LogP contribution in [-0.4, -0.2) is 70.7 Å². The van der Waals surface area contributed by atoms with Gasteiger partial charge >= 0.3 is 0 Å². The van der Waals surface area contributed by atoms with Crippen molar-refractivity contribution in [3.63, 3.8) is 0 Å². The summed E-state index contributed by atoms with van der Waals surface area (Å²) in [4.78, 5) is 16.7. The van der Waals surface area contributed by atoms with E-state index in [9.17, 15) is 0 Å². The number of aromatic nitrogens is 3. The molecule has 0 N–H and O–H groups in total. The number of piperazine rings is 1. The number of anilines is 1. The van der Waals surface area contributed by atoms with Gasteiger partial charge < -0.3 is 9.42 Å². The van der Waals surface area contributed by atoms with Crippen molar-refractivity contribution in [2.24, 2.45) is 5.92 Å². The first-order valence-corrected chi connectivity index (χ1v) is 11.4. The highest BCUT2D eigenvalue weighted by Gasteiger charge is 2.30. The van der Waals surface area contributed by atoms with Crippen molar-refractivity contribution in [2.75, 3.05) is 50.7 Å². The monoisotopic (exact) mass is 412 g/mol. The van der Waals surface area contributed by atoms with Crippen LogP contribution in [0.25, 0.3) is 0 Å². The third-order valence-electron chi connectivity index (χ3n) is 6.43. The van der Waals surface area contributed by atoms with Crippen LogP contribution >= 0.6 is 0 Å². The average Bonchev–Trinajstić information content (AvgIpc) is 3.26. The molecule has 2 atom stereocenters. The van der Waals surface area contributed by atoms with E-state index in [1.54, 1.807) is 0 Å². The Labute approximate surface area is 180 Å². The van der Waals surface area contributed by atoms with Gasteiger partial charge in [-0.15, -0.1) is 0 Å². The van der Waals surface area contributed by atoms with E-state index < -0.39 is 0 Å². The molecule has 164 valence electrons. The Balaban J connectivity index is 1.29. The Morgan fingerprint density at radius 1 is 1.13 bits per heavy atom. The molecule has 2 aliphatic heterocycles. The Hall–Kier alpha value is -1.99. The molecule has 0 bridgehead atoms. The lowest BCUT2D eigenvalue weighted by Gasteiger charge is -2.40. The standard InChI is InChI=1S/C23H36N6O/c1-18(21-25-22(26-30-21)23(2,3)4)29-11-7-8-19(17-29)16-27-12-14-28(15-13-27)20-9-5-6-10-24-20/h5-6,9-10,18-19H,7-8,11-17H2,1-4H3. The Morgan fingerprint density at radius 3 is 2.60 bits per heavy atom. The van der Waals surface area contributed by atoms with Gasteiger partial charge in [0.05, 0.1) is 6.04 Å². The summed E-state index contributed by atoms with van der Waals surface area (Å²) in [6, 6.07) is 6.34. The number of piperidine rings is 1. The first-order chi connectivity index (χ1) is 14.4. The average molecular weight is 413 g/mol. The SMILES string of the molecule is CC(c1nc(C(C)(C)C)no1)N1CCCC(CN2CCN(c3ccccn3)CC2)C1. The molecule has 4 rings (SSSR count). The maximum Gasteiger partial charge on any atom is 0.243 e. The molecular formula is C23H36N6O. The van der Waals surface area contributed by atoms with Crippen LogP contribution in [0, 0.1) is 5.92 Å². The van der Waals surface area contributed by atoms with E-state index in [2.05, 4.69) is 64.7 Å². The second kappa shape index (κ2) is 9.02. The molecule has 30 heavy (non-hydrogen) atoms. The van der Waals surface area contributed by atoms with Crippen LogP contribution in [0.3, 0.4) is 0 Å². The largest absolute Gasteiger partial charge is 0.354 e. The van der Waals surface area contributed by atoms with Gasteiger partial charge in [0.1, 0.15) is 5.82 Å². The third kappa shape index (κ3) is 5.01. The summed E-state index contributed by atoms with van der Waals surface area (Å²) in [5.74, 6) is 3.35. The second-order valence-electron chi connectivity index (χ2n) is 9.86. The molecule has 4 heterocycles. The quantitative estimate of drug-likeness (QED) is 0.746. The van der Waals surface area contributed by atoms with Crippen molar-refractivity contribution >= 4 is 5.82 Å². The smallest absolute Gasteiger partial charge is 0.243 e. The zero-order valence-electron chi connectivity index (χ0n) is 18.9. The van der Waals surface area contributed by atoms with Gasteiger partial charge in [-0.25, -0.2) is 4.98 Å². The number of pyridine rings is 1. The summed E-state index contributed by atoms with van der Waals surface area (Å²) in [7, 11) is 0. The maximum atomic E-state index is 5.62. The number of nitrogens with zero attached hydrogens (tertiary/aromatic N) is 6. The highest BCUT2D eigenvalue weighted by molar-refractivity contribution is 5.38. The lowest BCUT2D eigenvalue weighted by atomic mass is 9.95. The summed E-state index contributed by atoms with van der Waals surface area (Å²) in [5, 5.41) is 4.22. The molecule has 7 nitrogen and oxygen atoms in total. The molecule has 7 heteroatoms. The van der Waals surface area contributed by atoms with E-state index in [-0.39, 0.29) is 11.5 Å². The van der Waals surface area contributed by atoms with Crippen molar-refractivity contribution < 1.29 is 4.52 Å². The fraction of sp³-hybridized carbons (Fsp3) is 0.696. The van der Waals surface area contributed by atoms with Gasteiger partial charge in [0.2, 0.25) is 5.89 Å². The van der Waals surface area contributed by atoms with Crippen LogP contribution in [0.4, 0.5) is 5.82 Å². The minimum Gasteiger partial charge on any atom is -0.354 e. The zero-order valence-corrected chi connectivity index (χ0v) is 18.9. The number of hydrogen-bond acceptors (Lipinski definition) is 7. The van der Waals surface area contributed by atoms with Gasteiger partial charge in [-0.2, -0.15) is 4.98 Å². The van der Waals surface area contributed by atoms with Crippen LogP contribution in [-0.2, 0) is 5.41 Å². The first-order valence-electron chi connectivity index (χ1n) is 11.4. The van der Waals surface area contributed by atoms with Gasteiger partial charge in [0.15, 0.2) is 5.82 Å². The van der Waals surface area contributed by atoms with Crippen molar-refractivity contribution in [1.82, 2.24) is 24.9 Å². The van der Waals surface area contributed by atoms with Gasteiger partial charge in [-0.05, 0) is 44.4 Å². The van der Waals surface area contributed by atoms with Crippen molar-refractivity contribution in [3.05, 3.63) is 36.1 Å². The fourth-order valence-corrected chi connectivity index (χ4v) is 4.53. The number of likely N-dealkylation sites (tertiary alicyclic amines) is 1. The Morgan fingerprint density at radius 2 is 1.93 bits per heavy atom. The summed E-state index contributed by atoms with van der Waals surface area (Å²) < 4.78 is 5.62. The van der Waals surface area contributed by atoms with E-state index in [1.165, 1.54) is 19.4 Å². The molecule has 2 saturated heterocycles. The van der Waals surface area contributed by atoms with Gasteiger partial charge in [-0.1, -0.05) is 32.0 Å². The molecule has 0 saturated carbocycles. The summed E-state index contributed by atoms with van der Waals surface area (Å²) in [5.41, 5.74) is -0.0800. The van der Waals surface area contributed by atoms with Crippen LogP contribution in [0.15, 0.2) is 28.9 Å². The minimum absolute atomic E-state index is 0.0800. The molecule has 0 radical (unpaired) electrons. The minimum atomic E-state index is -0.0800. The third-order valence-corrected chi connectivity index (χ3v) is 6.43. The Bertz CT molecular complexity index is 794. The topological polar surface area (TPSA) is 61.5 Å². The van der Waals surface area contributed by atoms with E-state index in [0.29, 0.717) is 5.92 Å². The lowest BCUT2D eigenvalue weighted by molar-refractivity contribution is 0.0883. The predicted octanol–water partition coefficient (Wildman–Crippen LogP) is 3.36. The fourth-order valence-electron chi connectivity index (χ4n) is 4.53. The number of rotatable bonds is 5. The molecule has 2 aromatic rings. The number of hydrogen-bond donors (Lipinski definition) is 0. The molecule has 2 unspecified atom stereocenters. The summed E-state index contributed by atoms with van der Waals surface area (Å²) in [6.45, 7) is 16.3. The van der Waals surface area contributed by atoms with Gasteiger partial charge in [0, 0.05) is 50.9 Å². The van der Waals surface area contributed by atoms with Crippen LogP contribution < -0.4 is 4.90 Å². The molecule has 0 spiro atoms. The van der Waals surface area contributed by atoms with Crippen molar-refractivity contribution in [1.29, 1.82) is 0 Å². The summed E-state index contributed by atoms with van der Waals surface area (Å²) in [6.07, 6.45) is 4.43. The van der Waals surface area contributed by atoms with Gasteiger partial charge in [-0.3, -0.25) is 9.80 Å². The van der Waals surface area contributed by atoms with E-state index in [0.717, 1.165) is 56.8 Å². The first kappa shape index (κ1) is 21.2. The van der Waals surface area contributed by atoms with E-state index in [4.69, 9.17) is 9.51 Å². The van der Waals surface area contributed by atoms with Gasteiger partial charge in [0.25, 0.3) is 0 Å². The predicted molar refractivity (Wildman–Crippen MR) is 119 cm³/mol. The van der Waals surface area contributed by atoms with Crippen LogP contribution in [0.1, 0.15) is 58.3 Å². The van der Waals surface area contributed by atoms with Crippen LogP contribution in [0.5, 0.6) is 0 Å². The lowest BCUT2D eigenvalue weighted by Crippen LogP contribution is -2.50. The molecule has 0 amide bonds. The molecule has 2 fully saturated rings. The zero-order chi connectivity index (χ0) is 21.1. The Kier molecular flexibility index (Phi) is 6.39. The highest BCUT2D eigenvalue weighted by Crippen LogP contribution is 2.28. The molecule has 0 aromatic carbocycles. The molecule has 2 aromatic heterocycles. The van der Waals surface area contributed by atoms with Crippen LogP contribution in [0.2, 0.25) is 0 Å². The molecule has 0 aliphatic carbocycles.